The third-order valence-corrected chi connectivity index (χ3v) is 9.57. The van der Waals surface area contributed by atoms with Crippen molar-refractivity contribution >= 4 is 38.3 Å². The predicted octanol–water partition coefficient (Wildman–Crippen LogP) is 6.24. The van der Waals surface area contributed by atoms with E-state index in [4.69, 9.17) is 9.47 Å². The Bertz CT molecular complexity index is 1710. The molecule has 4 atom stereocenters. The maximum atomic E-state index is 13.7. The molecule has 1 N–H and O–H groups in total. The summed E-state index contributed by atoms with van der Waals surface area (Å²) >= 11 is 3.68. The van der Waals surface area contributed by atoms with Gasteiger partial charge in [0.1, 0.15) is 6.61 Å². The van der Waals surface area contributed by atoms with Gasteiger partial charge in [-0.2, -0.15) is 0 Å². The molecule has 0 unspecified atom stereocenters. The zero-order valence-electron chi connectivity index (χ0n) is 22.4. The van der Waals surface area contributed by atoms with Crippen LogP contribution in [0.5, 0.6) is 11.5 Å². The molecule has 9 heteroatoms. The summed E-state index contributed by atoms with van der Waals surface area (Å²) in [5.74, 6) is 0.165. The molecule has 4 aromatic rings. The molecule has 4 aromatic carbocycles. The second-order valence-electron chi connectivity index (χ2n) is 10.9. The zero-order chi connectivity index (χ0) is 28.3. The second kappa shape index (κ2) is 9.85. The summed E-state index contributed by atoms with van der Waals surface area (Å²) in [7, 11) is 1.57. The van der Waals surface area contributed by atoms with Gasteiger partial charge in [0, 0.05) is 28.8 Å². The largest absolute Gasteiger partial charge is 0.493 e. The molecule has 1 spiro atoms. The lowest BCUT2D eigenvalue weighted by Crippen LogP contribution is -2.55. The molecule has 208 valence electrons. The standard InChI is InChI=1S/C32H28BrN3O5/c1-40-27-17-21(16-24(33)29(27)41-18-20-10-6-9-19-8-2-3-11-22(19)20)28-26-14-7-15-35(26)32(30(28)36(38)39)23-12-4-5-13-25(23)34-31(32)37/h2-6,8-13,16-17,26,28,30H,7,14-15,18H2,1H3,(H,34,37)/t26-,28+,30-,32+/m0/s1. The van der Waals surface area contributed by atoms with Crippen LogP contribution in [0.3, 0.4) is 0 Å². The van der Waals surface area contributed by atoms with E-state index < -0.39 is 17.5 Å². The van der Waals surface area contributed by atoms with Gasteiger partial charge in [-0.25, -0.2) is 0 Å². The van der Waals surface area contributed by atoms with Crippen molar-refractivity contribution in [3.05, 3.63) is 110 Å². The topological polar surface area (TPSA) is 93.9 Å². The normalized spacial score (nSPS) is 24.8. The van der Waals surface area contributed by atoms with Gasteiger partial charge in [0.2, 0.25) is 0 Å². The van der Waals surface area contributed by atoms with Crippen molar-refractivity contribution in [2.75, 3.05) is 19.0 Å². The molecule has 3 heterocycles. The number of ether oxygens (including phenoxy) is 2. The van der Waals surface area contributed by atoms with Gasteiger partial charge in [-0.1, -0.05) is 60.7 Å². The number of amides is 1. The van der Waals surface area contributed by atoms with Crippen LogP contribution in [0.15, 0.2) is 83.3 Å². The number of rotatable bonds is 6. The summed E-state index contributed by atoms with van der Waals surface area (Å²) in [5.41, 5.74) is 1.75. The van der Waals surface area contributed by atoms with E-state index in [1.54, 1.807) is 7.11 Å². The number of halogens is 1. The van der Waals surface area contributed by atoms with Crippen LogP contribution in [0, 0.1) is 10.1 Å². The van der Waals surface area contributed by atoms with Crippen molar-refractivity contribution in [1.82, 2.24) is 4.90 Å². The Morgan fingerprint density at radius 2 is 1.88 bits per heavy atom. The van der Waals surface area contributed by atoms with Crippen molar-refractivity contribution in [1.29, 1.82) is 0 Å². The fraction of sp³-hybridized carbons (Fsp3) is 0.281. The van der Waals surface area contributed by atoms with Crippen LogP contribution in [-0.2, 0) is 16.9 Å². The SMILES string of the molecule is COc1cc([C@H]2[C@H]([N+](=O)[O-])[C@]3(C(=O)Nc4ccccc43)N3CCC[C@@H]23)cc(Br)c1OCc1cccc2ccccc12. The third-order valence-electron chi connectivity index (χ3n) is 8.98. The number of hydrogen-bond acceptors (Lipinski definition) is 6. The van der Waals surface area contributed by atoms with Gasteiger partial charge in [-0.3, -0.25) is 19.8 Å². The number of nitro groups is 1. The highest BCUT2D eigenvalue weighted by Crippen LogP contribution is 2.58. The van der Waals surface area contributed by atoms with Crippen molar-refractivity contribution in [3.63, 3.8) is 0 Å². The molecule has 0 saturated carbocycles. The zero-order valence-corrected chi connectivity index (χ0v) is 24.0. The van der Waals surface area contributed by atoms with Gasteiger partial charge in [-0.05, 0) is 68.9 Å². The molecular weight excluding hydrogens is 586 g/mol. The molecule has 2 fully saturated rings. The van der Waals surface area contributed by atoms with Crippen LogP contribution in [0.1, 0.15) is 35.4 Å². The number of carbonyl (C=O) groups is 1. The Morgan fingerprint density at radius 3 is 2.71 bits per heavy atom. The summed E-state index contributed by atoms with van der Waals surface area (Å²) in [6, 6.07) is 24.0. The number of benzene rings is 4. The Morgan fingerprint density at radius 1 is 1.10 bits per heavy atom. The van der Waals surface area contributed by atoms with Gasteiger partial charge in [-0.15, -0.1) is 0 Å². The first-order valence-electron chi connectivity index (χ1n) is 13.7. The van der Waals surface area contributed by atoms with E-state index >= 15 is 0 Å². The minimum Gasteiger partial charge on any atom is -0.493 e. The highest BCUT2D eigenvalue weighted by molar-refractivity contribution is 9.10. The Hall–Kier alpha value is -3.95. The number of methoxy groups -OCH3 is 1. The second-order valence-corrected chi connectivity index (χ2v) is 11.7. The third kappa shape index (κ3) is 3.79. The van der Waals surface area contributed by atoms with Crippen LogP contribution < -0.4 is 14.8 Å². The van der Waals surface area contributed by atoms with Gasteiger partial charge < -0.3 is 14.8 Å². The molecule has 0 bridgehead atoms. The summed E-state index contributed by atoms with van der Waals surface area (Å²) in [5, 5.41) is 18.1. The smallest absolute Gasteiger partial charge is 0.256 e. The summed E-state index contributed by atoms with van der Waals surface area (Å²) < 4.78 is 12.7. The lowest BCUT2D eigenvalue weighted by molar-refractivity contribution is -0.534. The summed E-state index contributed by atoms with van der Waals surface area (Å²) in [6.07, 6.45) is 1.64. The number of anilines is 1. The number of para-hydroxylation sites is 1. The van der Waals surface area contributed by atoms with Crippen molar-refractivity contribution < 1.29 is 19.2 Å². The molecule has 0 aromatic heterocycles. The first-order chi connectivity index (χ1) is 19.9. The molecule has 3 aliphatic rings. The van der Waals surface area contributed by atoms with Gasteiger partial charge >= 0.3 is 0 Å². The number of nitrogens with zero attached hydrogens (tertiary/aromatic N) is 2. The summed E-state index contributed by atoms with van der Waals surface area (Å²) in [4.78, 5) is 28.5. The number of nitrogens with one attached hydrogen (secondary N) is 1. The minimum atomic E-state index is -1.37. The van der Waals surface area contributed by atoms with Crippen LogP contribution in [0.2, 0.25) is 0 Å². The van der Waals surface area contributed by atoms with Gasteiger partial charge in [0.05, 0.1) is 17.5 Å². The molecular formula is C32H28BrN3O5. The molecule has 7 rings (SSSR count). The minimum absolute atomic E-state index is 0.165. The molecule has 1 amide bonds. The average molecular weight is 614 g/mol. The molecule has 0 aliphatic carbocycles. The molecule has 8 nitrogen and oxygen atoms in total. The highest BCUT2D eigenvalue weighted by Gasteiger charge is 2.73. The lowest BCUT2D eigenvalue weighted by Gasteiger charge is -2.32. The monoisotopic (exact) mass is 613 g/mol. The Balaban J connectivity index is 1.29. The predicted molar refractivity (Wildman–Crippen MR) is 159 cm³/mol. The molecule has 3 aliphatic heterocycles. The first kappa shape index (κ1) is 26.0. The highest BCUT2D eigenvalue weighted by atomic mass is 79.9. The van der Waals surface area contributed by atoms with E-state index in [1.165, 1.54) is 0 Å². The average Bonchev–Trinajstić information content (AvgIpc) is 3.65. The van der Waals surface area contributed by atoms with Crippen molar-refractivity contribution in [2.24, 2.45) is 0 Å². The maximum absolute atomic E-state index is 13.7. The van der Waals surface area contributed by atoms with E-state index in [-0.39, 0.29) is 16.9 Å². The van der Waals surface area contributed by atoms with Gasteiger partial charge in [0.25, 0.3) is 11.9 Å². The first-order valence-corrected chi connectivity index (χ1v) is 14.5. The van der Waals surface area contributed by atoms with Crippen LogP contribution >= 0.6 is 15.9 Å². The van der Waals surface area contributed by atoms with Gasteiger partial charge in [0.15, 0.2) is 17.0 Å². The fourth-order valence-electron chi connectivity index (χ4n) is 7.42. The van der Waals surface area contributed by atoms with Crippen LogP contribution in [0.25, 0.3) is 10.8 Å². The van der Waals surface area contributed by atoms with Crippen molar-refractivity contribution in [2.45, 2.75) is 43.0 Å². The molecule has 41 heavy (non-hydrogen) atoms. The van der Waals surface area contributed by atoms with E-state index in [1.807, 2.05) is 60.7 Å². The van der Waals surface area contributed by atoms with Crippen LogP contribution in [0.4, 0.5) is 5.69 Å². The van der Waals surface area contributed by atoms with Crippen molar-refractivity contribution in [3.8, 4) is 11.5 Å². The maximum Gasteiger partial charge on any atom is 0.256 e. The lowest BCUT2D eigenvalue weighted by atomic mass is 9.77. The Kier molecular flexibility index (Phi) is 6.24. The van der Waals surface area contributed by atoms with E-state index in [0.717, 1.165) is 34.7 Å². The quantitative estimate of drug-likeness (QED) is 0.204. The van der Waals surface area contributed by atoms with E-state index in [2.05, 4.69) is 44.3 Å². The summed E-state index contributed by atoms with van der Waals surface area (Å²) in [6.45, 7) is 0.949. The fourth-order valence-corrected chi connectivity index (χ4v) is 7.99. The number of fused-ring (bicyclic) bond motifs is 5. The molecule has 2 saturated heterocycles. The Labute approximate surface area is 245 Å². The number of carbonyl (C=O) groups excluding carboxylic acids is 1. The van der Waals surface area contributed by atoms with E-state index in [9.17, 15) is 14.9 Å². The van der Waals surface area contributed by atoms with Crippen LogP contribution in [-0.4, -0.2) is 41.5 Å². The number of hydrogen-bond donors (Lipinski definition) is 1. The van der Waals surface area contributed by atoms with E-state index in [0.29, 0.717) is 40.4 Å². The molecule has 0 radical (unpaired) electrons.